The van der Waals surface area contributed by atoms with Crippen LogP contribution in [0.2, 0.25) is 0 Å². The predicted molar refractivity (Wildman–Crippen MR) is 138 cm³/mol. The van der Waals surface area contributed by atoms with Crippen LogP contribution in [0.15, 0.2) is 71.5 Å². The highest BCUT2D eigenvalue weighted by Gasteiger charge is 2.13. The van der Waals surface area contributed by atoms with Crippen molar-refractivity contribution in [1.29, 1.82) is 0 Å². The number of non-ortho nitro benzene ring substituents is 1. The lowest BCUT2D eigenvalue weighted by atomic mass is 10.1. The van der Waals surface area contributed by atoms with E-state index in [1.165, 1.54) is 16.7 Å². The van der Waals surface area contributed by atoms with Crippen LogP contribution in [0, 0.1) is 13.7 Å². The van der Waals surface area contributed by atoms with E-state index >= 15 is 0 Å². The van der Waals surface area contributed by atoms with Crippen molar-refractivity contribution in [3.8, 4) is 5.69 Å². The summed E-state index contributed by atoms with van der Waals surface area (Å²) in [7, 11) is 0. The molecule has 0 aliphatic rings. The van der Waals surface area contributed by atoms with Gasteiger partial charge in [0.1, 0.15) is 5.82 Å². The molecule has 0 aliphatic carbocycles. The van der Waals surface area contributed by atoms with Gasteiger partial charge in [-0.05, 0) is 83.6 Å². The fourth-order valence-corrected chi connectivity index (χ4v) is 3.90. The molecule has 0 amide bonds. The zero-order valence-electron chi connectivity index (χ0n) is 18.0. The Hall–Kier alpha value is -3.86. The highest BCUT2D eigenvalue weighted by Crippen LogP contribution is 2.19. The van der Waals surface area contributed by atoms with Crippen molar-refractivity contribution in [3.05, 3.63) is 108 Å². The van der Waals surface area contributed by atoms with Gasteiger partial charge in [0.2, 0.25) is 0 Å². The van der Waals surface area contributed by atoms with E-state index < -0.39 is 10.9 Å². The van der Waals surface area contributed by atoms with Crippen molar-refractivity contribution in [3.63, 3.8) is 0 Å². The van der Waals surface area contributed by atoms with Gasteiger partial charge in [-0.1, -0.05) is 18.2 Å². The largest absolute Gasteiger partial charge is 0.462 e. The number of nitro groups is 1. The Balaban J connectivity index is 1.86. The minimum absolute atomic E-state index is 0.0323. The van der Waals surface area contributed by atoms with E-state index in [9.17, 15) is 19.7 Å². The molecule has 9 heteroatoms. The van der Waals surface area contributed by atoms with Gasteiger partial charge in [0, 0.05) is 15.7 Å². The van der Waals surface area contributed by atoms with E-state index in [0.29, 0.717) is 33.5 Å². The van der Waals surface area contributed by atoms with Crippen LogP contribution in [-0.2, 0) is 4.74 Å². The molecule has 0 saturated carbocycles. The Kier molecular flexibility index (Phi) is 6.82. The lowest BCUT2D eigenvalue weighted by molar-refractivity contribution is -0.384. The second-order valence-corrected chi connectivity index (χ2v) is 8.47. The average Bonchev–Trinajstić information content (AvgIpc) is 2.84. The first-order valence-electron chi connectivity index (χ1n) is 10.3. The van der Waals surface area contributed by atoms with E-state index in [1.807, 2.05) is 6.07 Å². The molecule has 0 aliphatic heterocycles. The number of nitro benzene ring substituents is 1. The Morgan fingerprint density at radius 3 is 2.59 bits per heavy atom. The molecular weight excluding hydrogens is 549 g/mol. The number of carbonyl (C=O) groups excluding carboxylic acids is 1. The van der Waals surface area contributed by atoms with Crippen molar-refractivity contribution < 1.29 is 14.5 Å². The van der Waals surface area contributed by atoms with Gasteiger partial charge < -0.3 is 4.74 Å². The fourth-order valence-electron chi connectivity index (χ4n) is 3.41. The summed E-state index contributed by atoms with van der Waals surface area (Å²) in [6.07, 6.45) is 3.30. The predicted octanol–water partition coefficient (Wildman–Crippen LogP) is 5.25. The highest BCUT2D eigenvalue weighted by atomic mass is 127. The number of benzene rings is 3. The number of hydrogen-bond donors (Lipinski definition) is 0. The van der Waals surface area contributed by atoms with Gasteiger partial charge in [0.05, 0.1) is 33.7 Å². The van der Waals surface area contributed by atoms with Crippen LogP contribution < -0.4 is 5.56 Å². The summed E-state index contributed by atoms with van der Waals surface area (Å²) in [5, 5.41) is 11.5. The van der Waals surface area contributed by atoms with Crippen molar-refractivity contribution >= 4 is 57.3 Å². The van der Waals surface area contributed by atoms with Gasteiger partial charge in [-0.15, -0.1) is 0 Å². The summed E-state index contributed by atoms with van der Waals surface area (Å²) in [4.78, 5) is 40.8. The quantitative estimate of drug-likeness (QED) is 0.137. The second kappa shape index (κ2) is 9.96. The van der Waals surface area contributed by atoms with E-state index in [-0.39, 0.29) is 17.9 Å². The SMILES string of the molecule is CCOC(=O)c1ccc(-n2c(/C=C/c3cccc([N+](=O)[O-])c3)nc3ccc(I)cc3c2=O)cc1. The number of carbonyl (C=O) groups is 1. The van der Waals surface area contributed by atoms with Crippen LogP contribution in [0.3, 0.4) is 0 Å². The number of ether oxygens (including phenoxy) is 1. The van der Waals surface area contributed by atoms with Crippen LogP contribution in [0.1, 0.15) is 28.7 Å². The molecule has 0 fully saturated rings. The molecule has 4 aromatic rings. The number of nitrogens with zero attached hydrogens (tertiary/aromatic N) is 3. The maximum Gasteiger partial charge on any atom is 0.338 e. The topological polar surface area (TPSA) is 104 Å². The van der Waals surface area contributed by atoms with E-state index in [0.717, 1.165) is 3.57 Å². The number of aromatic nitrogens is 2. The number of hydrogen-bond acceptors (Lipinski definition) is 6. The molecule has 0 saturated heterocycles. The van der Waals surface area contributed by atoms with Crippen LogP contribution in [0.25, 0.3) is 28.7 Å². The minimum atomic E-state index is -0.464. The van der Waals surface area contributed by atoms with Gasteiger partial charge in [0.25, 0.3) is 11.2 Å². The standard InChI is InChI=1S/C25H18IN3O5/c1-2-34-25(31)17-7-10-19(11-8-17)28-23(13-6-16-4-3-5-20(14-16)29(32)33)27-22-12-9-18(26)15-21(22)24(28)30/h3-15H,2H2,1H3/b13-6+. The average molecular weight is 567 g/mol. The lowest BCUT2D eigenvalue weighted by Crippen LogP contribution is -2.22. The highest BCUT2D eigenvalue weighted by molar-refractivity contribution is 14.1. The van der Waals surface area contributed by atoms with E-state index in [1.54, 1.807) is 67.6 Å². The zero-order chi connectivity index (χ0) is 24.2. The number of rotatable bonds is 6. The Morgan fingerprint density at radius 2 is 1.88 bits per heavy atom. The summed E-state index contributed by atoms with van der Waals surface area (Å²) >= 11 is 2.14. The van der Waals surface area contributed by atoms with Gasteiger partial charge in [-0.2, -0.15) is 0 Å². The van der Waals surface area contributed by atoms with Crippen LogP contribution in [0.4, 0.5) is 5.69 Å². The maximum atomic E-state index is 13.5. The third-order valence-corrected chi connectivity index (χ3v) is 5.67. The summed E-state index contributed by atoms with van der Waals surface area (Å²) in [5.74, 6) is -0.104. The van der Waals surface area contributed by atoms with Crippen LogP contribution >= 0.6 is 22.6 Å². The van der Waals surface area contributed by atoms with E-state index in [2.05, 4.69) is 27.6 Å². The Morgan fingerprint density at radius 1 is 1.12 bits per heavy atom. The van der Waals surface area contributed by atoms with Crippen molar-refractivity contribution in [2.45, 2.75) is 6.92 Å². The molecule has 0 radical (unpaired) electrons. The van der Waals surface area contributed by atoms with E-state index in [4.69, 9.17) is 4.74 Å². The summed E-state index contributed by atoms with van der Waals surface area (Å²) in [6.45, 7) is 1.99. The molecule has 0 atom stereocenters. The summed E-state index contributed by atoms with van der Waals surface area (Å²) < 4.78 is 7.37. The first-order chi connectivity index (χ1) is 16.4. The molecule has 3 aromatic carbocycles. The first-order valence-corrected chi connectivity index (χ1v) is 11.4. The molecule has 4 rings (SSSR count). The normalized spacial score (nSPS) is 11.1. The molecule has 8 nitrogen and oxygen atoms in total. The number of fused-ring (bicyclic) bond motifs is 1. The Labute approximate surface area is 207 Å². The summed E-state index contributed by atoms with van der Waals surface area (Å²) in [5.41, 5.74) is 1.71. The number of esters is 1. The monoisotopic (exact) mass is 567 g/mol. The molecule has 0 bridgehead atoms. The first kappa shape index (κ1) is 23.3. The molecule has 34 heavy (non-hydrogen) atoms. The second-order valence-electron chi connectivity index (χ2n) is 7.22. The molecule has 0 N–H and O–H groups in total. The smallest absolute Gasteiger partial charge is 0.338 e. The van der Waals surface area contributed by atoms with Crippen molar-refractivity contribution in [2.24, 2.45) is 0 Å². The van der Waals surface area contributed by atoms with Crippen LogP contribution in [-0.4, -0.2) is 27.1 Å². The summed E-state index contributed by atoms with van der Waals surface area (Å²) in [6, 6.07) is 18.1. The van der Waals surface area contributed by atoms with Crippen LogP contribution in [0.5, 0.6) is 0 Å². The molecule has 0 unspecified atom stereocenters. The third-order valence-electron chi connectivity index (χ3n) is 5.00. The number of halogens is 1. The van der Waals surface area contributed by atoms with Gasteiger partial charge in [-0.25, -0.2) is 9.78 Å². The van der Waals surface area contributed by atoms with Crippen molar-refractivity contribution in [1.82, 2.24) is 9.55 Å². The zero-order valence-corrected chi connectivity index (χ0v) is 20.1. The molecular formula is C25H18IN3O5. The Bertz CT molecular complexity index is 1490. The minimum Gasteiger partial charge on any atom is -0.462 e. The lowest BCUT2D eigenvalue weighted by Gasteiger charge is -2.12. The van der Waals surface area contributed by atoms with Crippen molar-refractivity contribution in [2.75, 3.05) is 6.61 Å². The van der Waals surface area contributed by atoms with Gasteiger partial charge >= 0.3 is 5.97 Å². The maximum absolute atomic E-state index is 13.5. The van der Waals surface area contributed by atoms with Gasteiger partial charge in [-0.3, -0.25) is 19.5 Å². The molecule has 1 heterocycles. The molecule has 1 aromatic heterocycles. The third kappa shape index (κ3) is 4.88. The molecule has 170 valence electrons. The van der Waals surface area contributed by atoms with Gasteiger partial charge in [0.15, 0.2) is 0 Å². The molecule has 0 spiro atoms. The fraction of sp³-hybridized carbons (Fsp3) is 0.0800.